The molecule has 0 amide bonds. The van der Waals surface area contributed by atoms with E-state index in [0.717, 1.165) is 12.8 Å². The summed E-state index contributed by atoms with van der Waals surface area (Å²) < 4.78 is 0. The smallest absolute Gasteiger partial charge is 0.00308 e. The molecule has 0 bridgehead atoms. The highest BCUT2D eigenvalue weighted by Crippen LogP contribution is 2.35. The van der Waals surface area contributed by atoms with E-state index in [2.05, 4.69) is 89.8 Å². The molecule has 0 aliphatic rings. The molecule has 0 saturated heterocycles. The lowest BCUT2D eigenvalue weighted by atomic mass is 9.88. The minimum Gasteiger partial charge on any atom is -0.105 e. The first kappa shape index (κ1) is 16.0. The van der Waals surface area contributed by atoms with E-state index in [1.165, 1.54) is 38.7 Å². The van der Waals surface area contributed by atoms with Crippen molar-refractivity contribution in [2.24, 2.45) is 0 Å². The lowest BCUT2D eigenvalue weighted by Gasteiger charge is -2.18. The zero-order valence-electron chi connectivity index (χ0n) is 13.8. The Labute approximate surface area is 141 Å². The molecule has 3 aromatic carbocycles. The first-order chi connectivity index (χ1) is 11.3. The molecule has 0 radical (unpaired) electrons. The van der Waals surface area contributed by atoms with Gasteiger partial charge in [0.15, 0.2) is 0 Å². The van der Waals surface area contributed by atoms with Gasteiger partial charge in [0.25, 0.3) is 0 Å². The summed E-state index contributed by atoms with van der Waals surface area (Å²) in [6.07, 6.45) is 2.09. The van der Waals surface area contributed by atoms with Crippen molar-refractivity contribution in [3.05, 3.63) is 77.9 Å². The monoisotopic (exact) mass is 318 g/mol. The molecule has 0 fully saturated rings. The molecule has 0 nitrogen and oxygen atoms in total. The summed E-state index contributed by atoms with van der Waals surface area (Å²) in [6, 6.07) is 24.1. The van der Waals surface area contributed by atoms with E-state index in [1.54, 1.807) is 0 Å². The van der Waals surface area contributed by atoms with Crippen molar-refractivity contribution in [3.63, 3.8) is 0 Å². The summed E-state index contributed by atoms with van der Waals surface area (Å²) in [6.45, 7) is 4.45. The van der Waals surface area contributed by atoms with Crippen LogP contribution in [0, 0.1) is 0 Å². The topological polar surface area (TPSA) is 0 Å². The molecule has 1 unspecified atom stereocenters. The van der Waals surface area contributed by atoms with Crippen LogP contribution < -0.4 is 5.30 Å². The molecular formula is C22H23P. The van der Waals surface area contributed by atoms with Gasteiger partial charge in [0.05, 0.1) is 0 Å². The molecule has 0 heterocycles. The molecule has 0 aliphatic carbocycles. The summed E-state index contributed by atoms with van der Waals surface area (Å²) >= 11 is 0. The Morgan fingerprint density at radius 2 is 1.13 bits per heavy atom. The van der Waals surface area contributed by atoms with Crippen LogP contribution in [-0.4, -0.2) is 0 Å². The molecule has 0 saturated carbocycles. The highest BCUT2D eigenvalue weighted by atomic mass is 31.0. The summed E-state index contributed by atoms with van der Waals surface area (Å²) in [4.78, 5) is 0. The SMILES string of the molecule is CCc1ccccc1-c1cccc(P)c1-c1ccccc1CC. The average molecular weight is 318 g/mol. The van der Waals surface area contributed by atoms with Crippen LogP contribution in [0.1, 0.15) is 25.0 Å². The van der Waals surface area contributed by atoms with Crippen molar-refractivity contribution < 1.29 is 0 Å². The van der Waals surface area contributed by atoms with E-state index in [-0.39, 0.29) is 0 Å². The minimum atomic E-state index is 1.05. The Morgan fingerprint density at radius 1 is 0.609 bits per heavy atom. The second-order valence-electron chi connectivity index (χ2n) is 5.79. The summed E-state index contributed by atoms with van der Waals surface area (Å²) in [5, 5.41) is 1.26. The van der Waals surface area contributed by atoms with Crippen molar-refractivity contribution in [2.45, 2.75) is 26.7 Å². The van der Waals surface area contributed by atoms with E-state index in [4.69, 9.17) is 0 Å². The van der Waals surface area contributed by atoms with E-state index in [1.807, 2.05) is 0 Å². The lowest BCUT2D eigenvalue weighted by molar-refractivity contribution is 1.14. The van der Waals surface area contributed by atoms with Crippen LogP contribution in [0.25, 0.3) is 22.3 Å². The predicted molar refractivity (Wildman–Crippen MR) is 105 cm³/mol. The van der Waals surface area contributed by atoms with Gasteiger partial charge in [-0.2, -0.15) is 0 Å². The lowest BCUT2D eigenvalue weighted by Crippen LogP contribution is -2.02. The van der Waals surface area contributed by atoms with E-state index in [0.29, 0.717) is 0 Å². The fourth-order valence-corrected chi connectivity index (χ4v) is 3.68. The number of rotatable bonds is 4. The van der Waals surface area contributed by atoms with Gasteiger partial charge < -0.3 is 0 Å². The normalized spacial score (nSPS) is 10.7. The van der Waals surface area contributed by atoms with Crippen LogP contribution in [0.15, 0.2) is 66.7 Å². The van der Waals surface area contributed by atoms with E-state index < -0.39 is 0 Å². The first-order valence-corrected chi connectivity index (χ1v) is 8.89. The summed E-state index contributed by atoms with van der Waals surface area (Å²) in [5.41, 5.74) is 8.17. The van der Waals surface area contributed by atoms with E-state index >= 15 is 0 Å². The fraction of sp³-hybridized carbons (Fsp3) is 0.182. The zero-order valence-corrected chi connectivity index (χ0v) is 15.0. The summed E-state index contributed by atoms with van der Waals surface area (Å²) in [7, 11) is 2.92. The molecule has 3 aromatic rings. The van der Waals surface area contributed by atoms with Crippen molar-refractivity contribution in [2.75, 3.05) is 0 Å². The molecule has 23 heavy (non-hydrogen) atoms. The van der Waals surface area contributed by atoms with E-state index in [9.17, 15) is 0 Å². The van der Waals surface area contributed by atoms with Gasteiger partial charge in [0.1, 0.15) is 0 Å². The second kappa shape index (κ2) is 7.11. The maximum absolute atomic E-state index is 2.92. The molecule has 0 aliphatic heterocycles. The third-order valence-corrected chi connectivity index (χ3v) is 4.93. The van der Waals surface area contributed by atoms with Crippen molar-refractivity contribution in [3.8, 4) is 22.3 Å². The van der Waals surface area contributed by atoms with Gasteiger partial charge >= 0.3 is 0 Å². The van der Waals surface area contributed by atoms with Gasteiger partial charge in [0.2, 0.25) is 0 Å². The predicted octanol–water partition coefficient (Wildman–Crippen LogP) is 5.65. The molecule has 116 valence electrons. The number of aryl methyl sites for hydroxylation is 2. The van der Waals surface area contributed by atoms with Crippen LogP contribution in [0.3, 0.4) is 0 Å². The molecular weight excluding hydrogens is 295 g/mol. The first-order valence-electron chi connectivity index (χ1n) is 8.31. The van der Waals surface area contributed by atoms with Gasteiger partial charge in [-0.15, -0.1) is 9.24 Å². The molecule has 0 N–H and O–H groups in total. The number of benzene rings is 3. The minimum absolute atomic E-state index is 1.05. The van der Waals surface area contributed by atoms with Crippen molar-refractivity contribution >= 4 is 14.5 Å². The van der Waals surface area contributed by atoms with Gasteiger partial charge in [-0.1, -0.05) is 80.6 Å². The third-order valence-electron chi connectivity index (χ3n) is 4.45. The molecule has 3 rings (SSSR count). The van der Waals surface area contributed by atoms with Gasteiger partial charge in [-0.05, 0) is 51.5 Å². The largest absolute Gasteiger partial charge is 0.105 e. The van der Waals surface area contributed by atoms with Crippen molar-refractivity contribution in [1.29, 1.82) is 0 Å². The molecule has 1 atom stereocenters. The Kier molecular flexibility index (Phi) is 4.94. The van der Waals surface area contributed by atoms with Crippen LogP contribution >= 0.6 is 9.24 Å². The highest BCUT2D eigenvalue weighted by Gasteiger charge is 2.14. The number of hydrogen-bond acceptors (Lipinski definition) is 0. The van der Waals surface area contributed by atoms with Crippen LogP contribution in [0.2, 0.25) is 0 Å². The average Bonchev–Trinajstić information content (AvgIpc) is 2.61. The Bertz CT molecular complexity index is 818. The third kappa shape index (κ3) is 3.09. The fourth-order valence-electron chi connectivity index (χ4n) is 3.26. The number of hydrogen-bond donors (Lipinski definition) is 0. The molecule has 0 aromatic heterocycles. The highest BCUT2D eigenvalue weighted by molar-refractivity contribution is 7.28. The van der Waals surface area contributed by atoms with Gasteiger partial charge in [0, 0.05) is 0 Å². The Morgan fingerprint density at radius 3 is 1.78 bits per heavy atom. The van der Waals surface area contributed by atoms with Gasteiger partial charge in [-0.3, -0.25) is 0 Å². The van der Waals surface area contributed by atoms with Crippen LogP contribution in [-0.2, 0) is 12.8 Å². The Hall–Kier alpha value is -1.91. The maximum Gasteiger partial charge on any atom is -0.00308 e. The van der Waals surface area contributed by atoms with Crippen LogP contribution in [0.4, 0.5) is 0 Å². The van der Waals surface area contributed by atoms with Crippen LogP contribution in [0.5, 0.6) is 0 Å². The second-order valence-corrected chi connectivity index (χ2v) is 6.41. The quantitative estimate of drug-likeness (QED) is 0.546. The Balaban J connectivity index is 2.30. The standard InChI is InChI=1S/C22H23P/c1-3-16-10-5-7-12-18(16)20-14-9-15-21(23)22(20)19-13-8-6-11-17(19)4-2/h5-15H,3-4,23H2,1-2H3. The van der Waals surface area contributed by atoms with Gasteiger partial charge in [-0.25, -0.2) is 0 Å². The zero-order chi connectivity index (χ0) is 16.2. The summed E-state index contributed by atoms with van der Waals surface area (Å²) in [5.74, 6) is 0. The molecule has 1 heteroatoms. The maximum atomic E-state index is 2.92. The van der Waals surface area contributed by atoms with Crippen molar-refractivity contribution in [1.82, 2.24) is 0 Å². The molecule has 0 spiro atoms.